The first-order chi connectivity index (χ1) is 15.7. The van der Waals surface area contributed by atoms with Crippen molar-refractivity contribution in [1.29, 1.82) is 0 Å². The van der Waals surface area contributed by atoms with E-state index in [2.05, 4.69) is 0 Å². The number of halogens is 1. The van der Waals surface area contributed by atoms with Crippen LogP contribution >= 0.6 is 0 Å². The number of aliphatic hydroxyl groups excluding tert-OH is 3. The Bertz CT molecular complexity index is 1000. The number of aliphatic hydroxyl groups is 4. The zero-order valence-corrected chi connectivity index (χ0v) is 19.9. The molecule has 0 spiro atoms. The molecule has 188 valence electrons. The molecule has 4 N–H and O–H groups in total. The maximum Gasteiger partial charge on any atom is 0.313 e. The Morgan fingerprint density at radius 1 is 1.18 bits per heavy atom. The second-order valence-electron chi connectivity index (χ2n) is 11.0. The van der Waals surface area contributed by atoms with Gasteiger partial charge in [-0.2, -0.15) is 0 Å². The quantitative estimate of drug-likeness (QED) is 0.439. The molecule has 0 bridgehead atoms. The van der Waals surface area contributed by atoms with Crippen LogP contribution in [0.5, 0.6) is 0 Å². The van der Waals surface area contributed by atoms with Gasteiger partial charge in [0.2, 0.25) is 0 Å². The fraction of sp³-hybridized carbons (Fsp3) is 0.720. The van der Waals surface area contributed by atoms with Crippen LogP contribution in [0.4, 0.5) is 4.39 Å². The van der Waals surface area contributed by atoms with Gasteiger partial charge in [0.1, 0.15) is 12.4 Å². The number of Topliss-reactive ketones (excluding diaryl/α,β-unsaturated/α-hetero) is 1. The van der Waals surface area contributed by atoms with Crippen molar-refractivity contribution >= 4 is 17.5 Å². The molecule has 3 fully saturated rings. The minimum Gasteiger partial charge on any atom is -0.430 e. The molecule has 9 heteroatoms. The molecule has 0 aromatic heterocycles. The molecular weight excluding hydrogens is 447 g/mol. The van der Waals surface area contributed by atoms with Gasteiger partial charge in [-0.3, -0.25) is 14.4 Å². The molecule has 0 saturated heterocycles. The molecule has 4 rings (SSSR count). The predicted octanol–water partition coefficient (Wildman–Crippen LogP) is 1.15. The lowest BCUT2D eigenvalue weighted by Crippen LogP contribution is -2.70. The number of allylic oxidation sites excluding steroid dienone is 3. The molecule has 4 aliphatic rings. The van der Waals surface area contributed by atoms with Gasteiger partial charge in [0.15, 0.2) is 22.8 Å². The smallest absolute Gasteiger partial charge is 0.313 e. The van der Waals surface area contributed by atoms with E-state index in [-0.39, 0.29) is 31.4 Å². The van der Waals surface area contributed by atoms with Crippen molar-refractivity contribution < 1.29 is 43.9 Å². The van der Waals surface area contributed by atoms with E-state index in [1.807, 2.05) is 0 Å². The molecule has 0 amide bonds. The number of ketones is 2. The van der Waals surface area contributed by atoms with E-state index in [1.165, 1.54) is 19.9 Å². The third-order valence-corrected chi connectivity index (χ3v) is 9.24. The van der Waals surface area contributed by atoms with Crippen molar-refractivity contribution in [3.05, 3.63) is 23.5 Å². The molecule has 0 heterocycles. The van der Waals surface area contributed by atoms with Crippen LogP contribution < -0.4 is 0 Å². The molecule has 3 saturated carbocycles. The highest BCUT2D eigenvalue weighted by Gasteiger charge is 2.77. The lowest BCUT2D eigenvalue weighted by molar-refractivity contribution is -0.228. The third-order valence-electron chi connectivity index (χ3n) is 9.24. The summed E-state index contributed by atoms with van der Waals surface area (Å²) in [5.41, 5.74) is -7.36. The number of carbonyl (C=O) groups excluding carboxylic acids is 3. The monoisotopic (exact) mass is 480 g/mol. The van der Waals surface area contributed by atoms with Crippen molar-refractivity contribution in [2.45, 2.75) is 76.9 Å². The molecule has 0 aliphatic heterocycles. The Kier molecular flexibility index (Phi) is 5.76. The van der Waals surface area contributed by atoms with E-state index in [0.717, 1.165) is 6.08 Å². The molecule has 0 aromatic carbocycles. The number of hydrogen-bond donors (Lipinski definition) is 4. The second kappa shape index (κ2) is 7.78. The molecular formula is C25H33FO8. The Labute approximate surface area is 197 Å². The summed E-state index contributed by atoms with van der Waals surface area (Å²) in [5.74, 6) is -4.38. The van der Waals surface area contributed by atoms with E-state index in [0.29, 0.717) is 5.57 Å². The number of ether oxygens (including phenoxy) is 1. The van der Waals surface area contributed by atoms with Gasteiger partial charge in [-0.25, -0.2) is 4.39 Å². The number of esters is 1. The maximum atomic E-state index is 17.5. The highest BCUT2D eigenvalue weighted by Crippen LogP contribution is 2.70. The minimum absolute atomic E-state index is 0.0965. The normalized spacial score (nSPS) is 45.6. The van der Waals surface area contributed by atoms with E-state index < -0.39 is 76.2 Å². The molecule has 8 atom stereocenters. The Morgan fingerprint density at radius 2 is 1.82 bits per heavy atom. The van der Waals surface area contributed by atoms with E-state index in [4.69, 9.17) is 4.74 Å². The van der Waals surface area contributed by atoms with Gasteiger partial charge in [0.25, 0.3) is 0 Å². The summed E-state index contributed by atoms with van der Waals surface area (Å²) >= 11 is 0. The van der Waals surface area contributed by atoms with Crippen LogP contribution in [0, 0.1) is 28.6 Å². The van der Waals surface area contributed by atoms with E-state index in [9.17, 15) is 34.8 Å². The summed E-state index contributed by atoms with van der Waals surface area (Å²) in [5, 5.41) is 42.9. The van der Waals surface area contributed by atoms with Crippen molar-refractivity contribution in [1.82, 2.24) is 0 Å². The molecule has 34 heavy (non-hydrogen) atoms. The van der Waals surface area contributed by atoms with Crippen LogP contribution in [0.3, 0.4) is 0 Å². The Hall–Kier alpha value is -1.94. The predicted molar refractivity (Wildman–Crippen MR) is 117 cm³/mol. The SMILES string of the molecule is CC(C)C(=O)OC1=CC(=O)C=C2CC[C@H]3[C@@H]4C[C@@H](O)C(O)(C(=O)CO)[C@@]4(C)C[C@H](O)[C@]3(F)[C@]21C. The Balaban J connectivity index is 1.84. The van der Waals surface area contributed by atoms with Crippen LogP contribution in [0.2, 0.25) is 0 Å². The van der Waals surface area contributed by atoms with Crippen LogP contribution in [-0.2, 0) is 19.1 Å². The summed E-state index contributed by atoms with van der Waals surface area (Å²) in [7, 11) is 0. The topological polar surface area (TPSA) is 141 Å². The summed E-state index contributed by atoms with van der Waals surface area (Å²) in [6, 6.07) is 0. The highest BCUT2D eigenvalue weighted by atomic mass is 19.1. The van der Waals surface area contributed by atoms with Gasteiger partial charge in [-0.1, -0.05) is 20.8 Å². The summed E-state index contributed by atoms with van der Waals surface area (Å²) < 4.78 is 23.0. The Morgan fingerprint density at radius 3 is 2.41 bits per heavy atom. The minimum atomic E-state index is -2.40. The van der Waals surface area contributed by atoms with Crippen LogP contribution in [-0.4, -0.2) is 68.0 Å². The lowest BCUT2D eigenvalue weighted by Gasteiger charge is -2.62. The average molecular weight is 481 g/mol. The molecule has 4 aliphatic carbocycles. The van der Waals surface area contributed by atoms with Crippen molar-refractivity contribution in [3.63, 3.8) is 0 Å². The first-order valence-electron chi connectivity index (χ1n) is 11.8. The van der Waals surface area contributed by atoms with Gasteiger partial charge in [-0.15, -0.1) is 0 Å². The molecule has 0 radical (unpaired) electrons. The lowest BCUT2D eigenvalue weighted by atomic mass is 9.44. The fourth-order valence-electron chi connectivity index (χ4n) is 7.30. The molecule has 1 unspecified atom stereocenters. The van der Waals surface area contributed by atoms with Crippen LogP contribution in [0.1, 0.15) is 53.4 Å². The molecule has 8 nitrogen and oxygen atoms in total. The van der Waals surface area contributed by atoms with Crippen LogP contribution in [0.15, 0.2) is 23.5 Å². The highest BCUT2D eigenvalue weighted by molar-refractivity contribution is 6.02. The average Bonchev–Trinajstić information content (AvgIpc) is 2.96. The van der Waals surface area contributed by atoms with Gasteiger partial charge in [0, 0.05) is 17.4 Å². The van der Waals surface area contributed by atoms with Crippen molar-refractivity contribution in [3.8, 4) is 0 Å². The van der Waals surface area contributed by atoms with Gasteiger partial charge >= 0.3 is 5.97 Å². The van der Waals surface area contributed by atoms with Gasteiger partial charge < -0.3 is 25.2 Å². The fourth-order valence-corrected chi connectivity index (χ4v) is 7.30. The van der Waals surface area contributed by atoms with Gasteiger partial charge in [-0.05, 0) is 50.2 Å². The number of carbonyl (C=O) groups is 3. The number of hydrogen-bond acceptors (Lipinski definition) is 8. The summed E-state index contributed by atoms with van der Waals surface area (Å²) in [6.07, 6.45) is -0.843. The maximum absolute atomic E-state index is 17.5. The van der Waals surface area contributed by atoms with Crippen molar-refractivity contribution in [2.24, 2.45) is 28.6 Å². The molecule has 0 aromatic rings. The second-order valence-corrected chi connectivity index (χ2v) is 11.0. The number of fused-ring (bicyclic) bond motifs is 5. The number of alkyl halides is 1. The first kappa shape index (κ1) is 25.2. The zero-order chi connectivity index (χ0) is 25.4. The third kappa shape index (κ3) is 2.87. The standard InChI is InChI=1S/C25H33FO8/c1-12(2)21(32)34-20-8-14(28)7-13-5-6-15-16-9-17(29)25(33,19(31)11-27)22(16,3)10-18(30)24(15,26)23(13,20)4/h7-8,12,15-18,27,29-30,33H,5-6,9-11H2,1-4H3/t15-,16-,17+,18-,22-,23+,24-,25?/m0/s1. The van der Waals surface area contributed by atoms with Crippen molar-refractivity contribution in [2.75, 3.05) is 6.61 Å². The van der Waals surface area contributed by atoms with E-state index in [1.54, 1.807) is 13.8 Å². The summed E-state index contributed by atoms with van der Waals surface area (Å²) in [6.45, 7) is 5.28. The zero-order valence-electron chi connectivity index (χ0n) is 19.9. The van der Waals surface area contributed by atoms with E-state index >= 15 is 4.39 Å². The van der Waals surface area contributed by atoms with Gasteiger partial charge in [0.05, 0.1) is 23.5 Å². The largest absolute Gasteiger partial charge is 0.430 e. The summed E-state index contributed by atoms with van der Waals surface area (Å²) in [4.78, 5) is 37.4. The van der Waals surface area contributed by atoms with Crippen LogP contribution in [0.25, 0.3) is 0 Å². The first-order valence-corrected chi connectivity index (χ1v) is 11.8. The number of rotatable bonds is 4.